The van der Waals surface area contributed by atoms with E-state index >= 15 is 0 Å². The lowest BCUT2D eigenvalue weighted by atomic mass is 10.2. The molecule has 8 heteroatoms. The van der Waals surface area contributed by atoms with Gasteiger partial charge in [-0.05, 0) is 30.7 Å². The zero-order chi connectivity index (χ0) is 16.6. The van der Waals surface area contributed by atoms with Crippen molar-refractivity contribution in [1.82, 2.24) is 9.55 Å². The number of aromatic hydroxyl groups is 1. The maximum atomic E-state index is 10.2. The first-order valence-corrected chi connectivity index (χ1v) is 8.10. The van der Waals surface area contributed by atoms with Crippen LogP contribution in [-0.2, 0) is 23.9 Å². The lowest BCUT2D eigenvalue weighted by Gasteiger charge is -1.99. The molecule has 2 N–H and O–H groups in total. The third kappa shape index (κ3) is 7.09. The minimum absolute atomic E-state index is 0.0160. The van der Waals surface area contributed by atoms with Crippen LogP contribution in [0.2, 0.25) is 0 Å². The number of nitrogens with zero attached hydrogens (tertiary/aromatic N) is 2. The van der Waals surface area contributed by atoms with E-state index in [-0.39, 0.29) is 11.5 Å². The first-order valence-electron chi connectivity index (χ1n) is 6.74. The molecule has 22 heavy (non-hydrogen) atoms. The van der Waals surface area contributed by atoms with Gasteiger partial charge < -0.3 is 13.9 Å². The minimum Gasteiger partial charge on any atom is -0.508 e. The van der Waals surface area contributed by atoms with Crippen LogP contribution in [0.4, 0.5) is 0 Å². The summed E-state index contributed by atoms with van der Waals surface area (Å²) in [6.45, 7) is 2.20. The van der Waals surface area contributed by atoms with Crippen LogP contribution in [0.15, 0.2) is 36.7 Å². The predicted octanol–water partition coefficient (Wildman–Crippen LogP) is 2.34. The number of hydrogen-bond donors (Lipinski definition) is 2. The Kier molecular flexibility index (Phi) is 6.87. The topological polar surface area (TPSA) is 102 Å². The Bertz CT molecular complexity index is 665. The van der Waals surface area contributed by atoms with Crippen LogP contribution in [-0.4, -0.2) is 27.6 Å². The minimum atomic E-state index is -4.47. The van der Waals surface area contributed by atoms with Gasteiger partial charge in [0, 0.05) is 25.9 Å². The Hall–Kier alpha value is -2.06. The average molecular weight is 328 g/mol. The molecule has 0 unspecified atom stereocenters. The summed E-state index contributed by atoms with van der Waals surface area (Å²) in [4.78, 5) is 4.22. The van der Waals surface area contributed by atoms with Gasteiger partial charge in [0.15, 0.2) is 0 Å². The predicted molar refractivity (Wildman–Crippen MR) is 82.1 cm³/mol. The molecule has 0 aliphatic heterocycles. The molecular weight excluding hydrogens is 308 g/mol. The van der Waals surface area contributed by atoms with Gasteiger partial charge in [-0.1, -0.05) is 13.3 Å². The van der Waals surface area contributed by atoms with Gasteiger partial charge in [0.1, 0.15) is 17.3 Å². The number of benzene rings is 1. The number of unbranched alkanes of at least 4 members (excludes halogenated alkanes) is 1. The van der Waals surface area contributed by atoms with Crippen LogP contribution in [0.5, 0.6) is 11.5 Å². The van der Waals surface area contributed by atoms with Gasteiger partial charge in [0.05, 0.1) is 0 Å². The second-order valence-corrected chi connectivity index (χ2v) is 5.59. The highest BCUT2D eigenvalue weighted by Crippen LogP contribution is 2.16. The maximum absolute atomic E-state index is 10.2. The first kappa shape index (κ1) is 18.0. The van der Waals surface area contributed by atoms with E-state index in [1.807, 2.05) is 19.4 Å². The number of imidazole rings is 1. The molecule has 2 rings (SSSR count). The highest BCUT2D eigenvalue weighted by atomic mass is 32.3. The fourth-order valence-electron chi connectivity index (χ4n) is 1.60. The van der Waals surface area contributed by atoms with E-state index in [4.69, 9.17) is 9.66 Å². The molecule has 0 fully saturated rings. The second-order valence-electron chi connectivity index (χ2n) is 4.56. The summed E-state index contributed by atoms with van der Waals surface area (Å²) < 4.78 is 34.7. The molecule has 0 atom stereocenters. The quantitative estimate of drug-likeness (QED) is 0.817. The summed E-state index contributed by atoms with van der Waals surface area (Å²) in [5.41, 5.74) is 0. The van der Waals surface area contributed by atoms with Gasteiger partial charge in [0.2, 0.25) is 0 Å². The molecule has 0 aliphatic rings. The highest BCUT2D eigenvalue weighted by Gasteiger charge is 2.05. The van der Waals surface area contributed by atoms with E-state index in [1.54, 1.807) is 0 Å². The average Bonchev–Trinajstić information content (AvgIpc) is 2.84. The lowest BCUT2D eigenvalue weighted by molar-refractivity contribution is 0.386. The summed E-state index contributed by atoms with van der Waals surface area (Å²) in [5.74, 6) is 1.12. The second kappa shape index (κ2) is 8.40. The van der Waals surface area contributed by atoms with E-state index in [9.17, 15) is 8.42 Å². The number of aryl methyl sites for hydroxylation is 2. The number of rotatable bonds is 5. The van der Waals surface area contributed by atoms with E-state index in [1.165, 1.54) is 42.9 Å². The third-order valence-electron chi connectivity index (χ3n) is 2.71. The van der Waals surface area contributed by atoms with Crippen LogP contribution in [0.25, 0.3) is 0 Å². The Balaban J connectivity index is 0.000000224. The first-order chi connectivity index (χ1) is 10.3. The SMILES string of the molecule is CCCCc1nccn1C.O=S(=O)(O)Oc1ccc(O)cc1. The van der Waals surface area contributed by atoms with E-state index in [2.05, 4.69) is 20.7 Å². The number of hydrogen-bond acceptors (Lipinski definition) is 5. The monoisotopic (exact) mass is 328 g/mol. The van der Waals surface area contributed by atoms with Crippen LogP contribution in [0, 0.1) is 0 Å². The normalized spacial score (nSPS) is 10.7. The molecule has 2 aromatic rings. The third-order valence-corrected chi connectivity index (χ3v) is 3.12. The van der Waals surface area contributed by atoms with Gasteiger partial charge in [-0.3, -0.25) is 4.55 Å². The standard InChI is InChI=1S/C8H14N2.C6H6O5S/c1-3-4-5-8-9-6-7-10(8)2;7-5-1-3-6(4-2-5)11-12(8,9)10/h6-7H,3-5H2,1-2H3;1-4,7H,(H,8,9,10). The molecule has 122 valence electrons. The van der Waals surface area contributed by atoms with Crippen molar-refractivity contribution in [3.63, 3.8) is 0 Å². The largest absolute Gasteiger partial charge is 0.508 e. The molecule has 0 bridgehead atoms. The van der Waals surface area contributed by atoms with Crippen molar-refractivity contribution in [3.8, 4) is 11.5 Å². The van der Waals surface area contributed by atoms with Crippen molar-refractivity contribution in [2.75, 3.05) is 0 Å². The summed E-state index contributed by atoms with van der Waals surface area (Å²) in [6, 6.07) is 4.90. The fraction of sp³-hybridized carbons (Fsp3) is 0.357. The van der Waals surface area contributed by atoms with Crippen LogP contribution < -0.4 is 4.18 Å². The number of phenolic OH excluding ortho intramolecular Hbond substituents is 1. The molecular formula is C14H20N2O5S. The van der Waals surface area contributed by atoms with Gasteiger partial charge in [-0.2, -0.15) is 8.42 Å². The van der Waals surface area contributed by atoms with Gasteiger partial charge in [-0.25, -0.2) is 4.98 Å². The van der Waals surface area contributed by atoms with Crippen molar-refractivity contribution < 1.29 is 22.3 Å². The van der Waals surface area contributed by atoms with Gasteiger partial charge in [-0.15, -0.1) is 0 Å². The molecule has 0 amide bonds. The van der Waals surface area contributed by atoms with Crippen LogP contribution in [0.1, 0.15) is 25.6 Å². The molecule has 1 heterocycles. The summed E-state index contributed by atoms with van der Waals surface area (Å²) in [6.07, 6.45) is 7.44. The van der Waals surface area contributed by atoms with Crippen LogP contribution >= 0.6 is 0 Å². The Morgan fingerprint density at radius 3 is 2.36 bits per heavy atom. The highest BCUT2D eigenvalue weighted by molar-refractivity contribution is 7.81. The van der Waals surface area contributed by atoms with Crippen molar-refractivity contribution in [1.29, 1.82) is 0 Å². The number of aromatic nitrogens is 2. The molecule has 0 saturated carbocycles. The van der Waals surface area contributed by atoms with Gasteiger partial charge in [0.25, 0.3) is 0 Å². The smallest absolute Gasteiger partial charge is 0.446 e. The van der Waals surface area contributed by atoms with E-state index in [0.29, 0.717) is 0 Å². The van der Waals surface area contributed by atoms with E-state index < -0.39 is 10.4 Å². The summed E-state index contributed by atoms with van der Waals surface area (Å²) in [5, 5.41) is 8.79. The van der Waals surface area contributed by atoms with Gasteiger partial charge >= 0.3 is 10.4 Å². The zero-order valence-electron chi connectivity index (χ0n) is 12.5. The maximum Gasteiger partial charge on any atom is 0.446 e. The summed E-state index contributed by atoms with van der Waals surface area (Å²) >= 11 is 0. The van der Waals surface area contributed by atoms with E-state index in [0.717, 1.165) is 6.42 Å². The van der Waals surface area contributed by atoms with Crippen molar-refractivity contribution >= 4 is 10.4 Å². The molecule has 1 aromatic heterocycles. The lowest BCUT2D eigenvalue weighted by Crippen LogP contribution is -2.06. The van der Waals surface area contributed by atoms with Crippen molar-refractivity contribution in [3.05, 3.63) is 42.5 Å². The summed E-state index contributed by atoms with van der Waals surface area (Å²) in [7, 11) is -2.43. The van der Waals surface area contributed by atoms with Crippen molar-refractivity contribution in [2.24, 2.45) is 7.05 Å². The molecule has 1 aromatic carbocycles. The Labute approximate surface area is 130 Å². The molecule has 7 nitrogen and oxygen atoms in total. The Morgan fingerprint density at radius 1 is 1.27 bits per heavy atom. The zero-order valence-corrected chi connectivity index (χ0v) is 13.3. The number of phenols is 1. The Morgan fingerprint density at radius 2 is 1.91 bits per heavy atom. The fourth-order valence-corrected chi connectivity index (χ4v) is 1.95. The van der Waals surface area contributed by atoms with Crippen LogP contribution in [0.3, 0.4) is 0 Å². The molecule has 0 aliphatic carbocycles. The molecule has 0 spiro atoms. The molecule has 0 radical (unpaired) electrons. The molecule has 0 saturated heterocycles. The van der Waals surface area contributed by atoms with Crippen molar-refractivity contribution in [2.45, 2.75) is 26.2 Å².